The minimum atomic E-state index is -3.75. The van der Waals surface area contributed by atoms with Gasteiger partial charge in [0.2, 0.25) is 10.0 Å². The summed E-state index contributed by atoms with van der Waals surface area (Å²) < 4.78 is 27.6. The van der Waals surface area contributed by atoms with Gasteiger partial charge in [-0.3, -0.25) is 5.32 Å². The monoisotopic (exact) mass is 375 g/mol. The molecule has 0 radical (unpaired) electrons. The zero-order valence-corrected chi connectivity index (χ0v) is 14.9. The topological polar surface area (TPSA) is 140 Å². The van der Waals surface area contributed by atoms with Crippen LogP contribution in [-0.4, -0.2) is 35.6 Å². The van der Waals surface area contributed by atoms with Crippen LogP contribution in [0.15, 0.2) is 41.4 Å². The fourth-order valence-electron chi connectivity index (χ4n) is 2.26. The van der Waals surface area contributed by atoms with E-state index in [1.807, 2.05) is 0 Å². The summed E-state index contributed by atoms with van der Waals surface area (Å²) in [6, 6.07) is 7.65. The Morgan fingerprint density at radius 3 is 2.58 bits per heavy atom. The van der Waals surface area contributed by atoms with Gasteiger partial charge in [0.1, 0.15) is 11.3 Å². The molecule has 136 valence electrons. The van der Waals surface area contributed by atoms with Gasteiger partial charge in [0.15, 0.2) is 5.65 Å². The molecule has 4 N–H and O–H groups in total. The first-order valence-corrected chi connectivity index (χ1v) is 9.23. The van der Waals surface area contributed by atoms with E-state index >= 15 is 0 Å². The van der Waals surface area contributed by atoms with Crippen LogP contribution in [0, 0.1) is 0 Å². The van der Waals surface area contributed by atoms with Crippen molar-refractivity contribution < 1.29 is 17.9 Å². The number of anilines is 1. The fourth-order valence-corrected chi connectivity index (χ4v) is 2.78. The maximum absolute atomic E-state index is 11.6. The molecular formula is C16H17N5O4S. The number of nitrogens with zero attached hydrogens (tertiary/aromatic N) is 2. The summed E-state index contributed by atoms with van der Waals surface area (Å²) in [6.45, 7) is 3.50. The molecule has 0 spiro atoms. The molecule has 0 unspecified atom stereocenters. The first kappa shape index (κ1) is 17.8. The summed E-state index contributed by atoms with van der Waals surface area (Å²) in [5.74, 6) is 0.510. The van der Waals surface area contributed by atoms with Crippen LogP contribution in [0.4, 0.5) is 10.5 Å². The third kappa shape index (κ3) is 3.98. The van der Waals surface area contributed by atoms with E-state index in [1.54, 1.807) is 32.0 Å². The van der Waals surface area contributed by atoms with Crippen LogP contribution in [0.1, 0.15) is 13.8 Å². The largest absolute Gasteiger partial charge is 0.447 e. The predicted octanol–water partition coefficient (Wildman–Crippen LogP) is 2.23. The van der Waals surface area contributed by atoms with Crippen molar-refractivity contribution in [2.45, 2.75) is 24.8 Å². The predicted molar refractivity (Wildman–Crippen MR) is 95.9 cm³/mol. The normalized spacial score (nSPS) is 11.7. The molecule has 0 bridgehead atoms. The molecule has 0 saturated heterocycles. The number of amides is 1. The van der Waals surface area contributed by atoms with E-state index in [0.29, 0.717) is 28.2 Å². The lowest BCUT2D eigenvalue weighted by atomic mass is 10.2. The number of hydrogen-bond donors (Lipinski definition) is 3. The van der Waals surface area contributed by atoms with Crippen molar-refractivity contribution in [2.75, 3.05) is 5.32 Å². The number of primary sulfonamides is 1. The van der Waals surface area contributed by atoms with E-state index in [1.165, 1.54) is 18.3 Å². The average molecular weight is 375 g/mol. The summed E-state index contributed by atoms with van der Waals surface area (Å²) in [5.41, 5.74) is 2.19. The van der Waals surface area contributed by atoms with E-state index < -0.39 is 16.1 Å². The van der Waals surface area contributed by atoms with Crippen molar-refractivity contribution >= 4 is 33.0 Å². The van der Waals surface area contributed by atoms with E-state index in [4.69, 9.17) is 9.88 Å². The van der Waals surface area contributed by atoms with E-state index in [-0.39, 0.29) is 11.0 Å². The van der Waals surface area contributed by atoms with Crippen LogP contribution in [0.3, 0.4) is 0 Å². The number of H-pyrrole nitrogens is 1. The van der Waals surface area contributed by atoms with Crippen LogP contribution < -0.4 is 10.5 Å². The van der Waals surface area contributed by atoms with Gasteiger partial charge in [-0.1, -0.05) is 0 Å². The molecule has 2 heterocycles. The molecule has 0 aliphatic rings. The molecule has 0 saturated carbocycles. The molecule has 2 aromatic heterocycles. The number of hydrogen-bond acceptors (Lipinski definition) is 6. The van der Waals surface area contributed by atoms with Crippen molar-refractivity contribution in [3.05, 3.63) is 36.5 Å². The van der Waals surface area contributed by atoms with Crippen molar-refractivity contribution in [1.82, 2.24) is 15.0 Å². The SMILES string of the molecule is CC(C)OC(=O)Nc1cnc2[nH]c(-c3ccc(S(N)(=O)=O)cc3)nc2c1. The molecule has 3 rings (SSSR count). The number of sulfonamides is 1. The number of nitrogens with two attached hydrogens (primary N) is 1. The van der Waals surface area contributed by atoms with Gasteiger partial charge in [-0.05, 0) is 44.2 Å². The minimum absolute atomic E-state index is 0.0191. The van der Waals surface area contributed by atoms with Crippen LogP contribution in [0.5, 0.6) is 0 Å². The summed E-state index contributed by atoms with van der Waals surface area (Å²) in [5, 5.41) is 7.67. The van der Waals surface area contributed by atoms with Gasteiger partial charge in [0.05, 0.1) is 22.9 Å². The molecule has 26 heavy (non-hydrogen) atoms. The molecule has 0 fully saturated rings. The highest BCUT2D eigenvalue weighted by Gasteiger charge is 2.12. The van der Waals surface area contributed by atoms with Crippen molar-refractivity contribution in [2.24, 2.45) is 5.14 Å². The maximum Gasteiger partial charge on any atom is 0.411 e. The Bertz CT molecular complexity index is 1060. The molecule has 10 heteroatoms. The average Bonchev–Trinajstić information content (AvgIpc) is 2.96. The van der Waals surface area contributed by atoms with Crippen LogP contribution >= 0.6 is 0 Å². The molecule has 1 aromatic carbocycles. The minimum Gasteiger partial charge on any atom is -0.447 e. The van der Waals surface area contributed by atoms with Crippen LogP contribution in [0.25, 0.3) is 22.6 Å². The first-order chi connectivity index (χ1) is 12.2. The van der Waals surface area contributed by atoms with Gasteiger partial charge < -0.3 is 9.72 Å². The standard InChI is InChI=1S/C16H17N5O4S/c1-9(2)25-16(22)19-11-7-13-15(18-8-11)21-14(20-13)10-3-5-12(6-4-10)26(17,23)24/h3-9H,1-2H3,(H,19,22)(H2,17,23,24)(H,18,20,21). The highest BCUT2D eigenvalue weighted by atomic mass is 32.2. The lowest BCUT2D eigenvalue weighted by Crippen LogP contribution is -2.18. The molecule has 1 amide bonds. The first-order valence-electron chi connectivity index (χ1n) is 7.69. The highest BCUT2D eigenvalue weighted by molar-refractivity contribution is 7.89. The molecule has 0 aliphatic heterocycles. The van der Waals surface area contributed by atoms with Crippen LogP contribution in [0.2, 0.25) is 0 Å². The number of carbonyl (C=O) groups excluding carboxylic acids is 1. The summed E-state index contributed by atoms with van der Waals surface area (Å²) in [4.78, 5) is 23.3. The Morgan fingerprint density at radius 2 is 1.96 bits per heavy atom. The van der Waals surface area contributed by atoms with Gasteiger partial charge in [-0.2, -0.15) is 0 Å². The maximum atomic E-state index is 11.6. The Balaban J connectivity index is 1.86. The molecular weight excluding hydrogens is 358 g/mol. The molecule has 9 nitrogen and oxygen atoms in total. The Labute approximate surface area is 149 Å². The number of pyridine rings is 1. The highest BCUT2D eigenvalue weighted by Crippen LogP contribution is 2.22. The quantitative estimate of drug-likeness (QED) is 0.639. The lowest BCUT2D eigenvalue weighted by Gasteiger charge is -2.08. The van der Waals surface area contributed by atoms with Crippen molar-refractivity contribution in [3.8, 4) is 11.4 Å². The zero-order valence-electron chi connectivity index (χ0n) is 14.1. The molecule has 0 atom stereocenters. The number of nitrogens with one attached hydrogen (secondary N) is 2. The van der Waals surface area contributed by atoms with Crippen molar-refractivity contribution in [1.29, 1.82) is 0 Å². The zero-order chi connectivity index (χ0) is 18.9. The van der Waals surface area contributed by atoms with E-state index in [2.05, 4.69) is 20.3 Å². The van der Waals surface area contributed by atoms with E-state index in [9.17, 15) is 13.2 Å². The number of fused-ring (bicyclic) bond motifs is 1. The molecule has 0 aliphatic carbocycles. The number of carbonyl (C=O) groups is 1. The number of rotatable bonds is 4. The summed E-state index contributed by atoms with van der Waals surface area (Å²) in [7, 11) is -3.75. The third-order valence-electron chi connectivity index (χ3n) is 3.38. The number of benzene rings is 1. The fraction of sp³-hybridized carbons (Fsp3) is 0.188. The van der Waals surface area contributed by atoms with Gasteiger partial charge in [0.25, 0.3) is 0 Å². The van der Waals surface area contributed by atoms with Gasteiger partial charge in [0, 0.05) is 5.56 Å². The second kappa shape index (κ2) is 6.73. The van der Waals surface area contributed by atoms with Gasteiger partial charge in [-0.15, -0.1) is 0 Å². The number of aromatic amines is 1. The number of ether oxygens (including phenoxy) is 1. The lowest BCUT2D eigenvalue weighted by molar-refractivity contribution is 0.130. The second-order valence-corrected chi connectivity index (χ2v) is 7.39. The van der Waals surface area contributed by atoms with Gasteiger partial charge in [-0.25, -0.2) is 28.3 Å². The van der Waals surface area contributed by atoms with Crippen molar-refractivity contribution in [3.63, 3.8) is 0 Å². The summed E-state index contributed by atoms with van der Waals surface area (Å²) >= 11 is 0. The third-order valence-corrected chi connectivity index (χ3v) is 4.31. The molecule has 3 aromatic rings. The van der Waals surface area contributed by atoms with Crippen LogP contribution in [-0.2, 0) is 14.8 Å². The van der Waals surface area contributed by atoms with Gasteiger partial charge >= 0.3 is 6.09 Å². The smallest absolute Gasteiger partial charge is 0.411 e. The Hall–Kier alpha value is -2.98. The number of aromatic nitrogens is 3. The second-order valence-electron chi connectivity index (χ2n) is 5.83. The number of imidazole rings is 1. The summed E-state index contributed by atoms with van der Waals surface area (Å²) in [6.07, 6.45) is 0.676. The Kier molecular flexibility index (Phi) is 4.62. The Morgan fingerprint density at radius 1 is 1.27 bits per heavy atom. The van der Waals surface area contributed by atoms with E-state index in [0.717, 1.165) is 0 Å².